The lowest BCUT2D eigenvalue weighted by atomic mass is 9.95. The van der Waals surface area contributed by atoms with Crippen LogP contribution in [-0.4, -0.2) is 36.5 Å². The number of esters is 1. The van der Waals surface area contributed by atoms with Gasteiger partial charge in [0, 0.05) is 16.3 Å². The second kappa shape index (κ2) is 10.0. The van der Waals surface area contributed by atoms with Gasteiger partial charge in [-0.2, -0.15) is 0 Å². The lowest BCUT2D eigenvalue weighted by molar-refractivity contribution is -0.132. The number of halogens is 1. The third-order valence-corrected chi connectivity index (χ3v) is 5.90. The van der Waals surface area contributed by atoms with Gasteiger partial charge in [0.25, 0.3) is 11.7 Å². The van der Waals surface area contributed by atoms with Gasteiger partial charge >= 0.3 is 5.97 Å². The Labute approximate surface area is 207 Å². The third kappa shape index (κ3) is 4.63. The normalized spacial score (nSPS) is 16.9. The number of anilines is 1. The molecule has 1 N–H and O–H groups in total. The molecule has 1 fully saturated rings. The molecule has 1 aliphatic rings. The largest absolute Gasteiger partial charge is 0.507 e. The van der Waals surface area contributed by atoms with Gasteiger partial charge in [-0.25, -0.2) is 4.79 Å². The van der Waals surface area contributed by atoms with Gasteiger partial charge in [0.05, 0.1) is 30.9 Å². The molecule has 1 saturated heterocycles. The Balaban J connectivity index is 1.84. The predicted molar refractivity (Wildman–Crippen MR) is 132 cm³/mol. The first kappa shape index (κ1) is 24.0. The summed E-state index contributed by atoms with van der Waals surface area (Å²) in [6.07, 6.45) is 0. The number of nitrogens with zero attached hydrogens (tertiary/aromatic N) is 1. The van der Waals surface area contributed by atoms with Crippen LogP contribution in [0.15, 0.2) is 78.4 Å². The summed E-state index contributed by atoms with van der Waals surface area (Å²) in [4.78, 5) is 39.8. The molecule has 3 aromatic rings. The summed E-state index contributed by atoms with van der Waals surface area (Å²) in [7, 11) is 1.52. The SMILES string of the molecule is CCOC(=O)c1ccc(N2C(=O)C(=O)/C(=C(\O)c3ccc(OC)cc3)C2c2ccc(Cl)cc2)cc1. The average molecular weight is 492 g/mol. The highest BCUT2D eigenvalue weighted by Gasteiger charge is 2.47. The molecule has 8 heteroatoms. The van der Waals surface area contributed by atoms with Crippen molar-refractivity contribution in [1.29, 1.82) is 0 Å². The van der Waals surface area contributed by atoms with Gasteiger partial charge in [-0.15, -0.1) is 0 Å². The predicted octanol–water partition coefficient (Wildman–Crippen LogP) is 5.15. The molecule has 1 unspecified atom stereocenters. The Morgan fingerprint density at radius 3 is 2.11 bits per heavy atom. The van der Waals surface area contributed by atoms with E-state index in [1.54, 1.807) is 67.6 Å². The van der Waals surface area contributed by atoms with E-state index in [-0.39, 0.29) is 17.9 Å². The molecule has 1 atom stereocenters. The molecule has 0 aromatic heterocycles. The van der Waals surface area contributed by atoms with Crippen molar-refractivity contribution in [3.63, 3.8) is 0 Å². The van der Waals surface area contributed by atoms with E-state index < -0.39 is 23.7 Å². The molecular formula is C27H22ClNO6. The first-order valence-electron chi connectivity index (χ1n) is 10.8. The highest BCUT2D eigenvalue weighted by Crippen LogP contribution is 2.42. The second-order valence-corrected chi connectivity index (χ2v) is 8.15. The van der Waals surface area contributed by atoms with E-state index in [9.17, 15) is 19.5 Å². The molecule has 1 aliphatic heterocycles. The number of ketones is 1. The maximum Gasteiger partial charge on any atom is 0.338 e. The van der Waals surface area contributed by atoms with Crippen LogP contribution in [0.5, 0.6) is 5.75 Å². The molecule has 0 radical (unpaired) electrons. The van der Waals surface area contributed by atoms with Crippen LogP contribution in [0.4, 0.5) is 5.69 Å². The van der Waals surface area contributed by atoms with Crippen LogP contribution >= 0.6 is 11.6 Å². The number of carbonyl (C=O) groups excluding carboxylic acids is 3. The molecule has 35 heavy (non-hydrogen) atoms. The Bertz CT molecular complexity index is 1300. The molecule has 3 aromatic carbocycles. The number of hydrogen-bond acceptors (Lipinski definition) is 6. The number of amides is 1. The fourth-order valence-corrected chi connectivity index (χ4v) is 4.06. The zero-order valence-electron chi connectivity index (χ0n) is 19.0. The van der Waals surface area contributed by atoms with Crippen molar-refractivity contribution >= 4 is 40.7 Å². The van der Waals surface area contributed by atoms with Crippen LogP contribution < -0.4 is 9.64 Å². The monoisotopic (exact) mass is 491 g/mol. The maximum absolute atomic E-state index is 13.2. The molecule has 0 saturated carbocycles. The summed E-state index contributed by atoms with van der Waals surface area (Å²) in [6, 6.07) is 18.5. The van der Waals surface area contributed by atoms with Crippen molar-refractivity contribution in [3.8, 4) is 5.75 Å². The van der Waals surface area contributed by atoms with E-state index in [1.165, 1.54) is 24.1 Å². The highest BCUT2D eigenvalue weighted by molar-refractivity contribution is 6.51. The summed E-state index contributed by atoms with van der Waals surface area (Å²) in [5.41, 5.74) is 1.58. The first-order chi connectivity index (χ1) is 16.8. The van der Waals surface area contributed by atoms with Gasteiger partial charge in [0.15, 0.2) is 0 Å². The van der Waals surface area contributed by atoms with Gasteiger partial charge < -0.3 is 14.6 Å². The van der Waals surface area contributed by atoms with E-state index in [2.05, 4.69) is 0 Å². The van der Waals surface area contributed by atoms with Crippen molar-refractivity contribution in [3.05, 3.63) is 100 Å². The van der Waals surface area contributed by atoms with Crippen LogP contribution in [0.3, 0.4) is 0 Å². The average Bonchev–Trinajstić information content (AvgIpc) is 3.14. The molecule has 0 bridgehead atoms. The molecule has 1 amide bonds. The Kier molecular flexibility index (Phi) is 6.89. The Morgan fingerprint density at radius 1 is 0.943 bits per heavy atom. The Hall–Kier alpha value is -4.10. The van der Waals surface area contributed by atoms with Gasteiger partial charge in [-0.05, 0) is 73.2 Å². The smallest absolute Gasteiger partial charge is 0.338 e. The summed E-state index contributed by atoms with van der Waals surface area (Å²) in [5.74, 6) is -1.85. The lowest BCUT2D eigenvalue weighted by Gasteiger charge is -2.25. The number of carbonyl (C=O) groups is 3. The minimum absolute atomic E-state index is 0.0584. The standard InChI is InChI=1S/C27H22ClNO6/c1-3-35-27(33)18-6-12-20(13-7-18)29-23(16-4-10-19(28)11-5-16)22(25(31)26(29)32)24(30)17-8-14-21(34-2)15-9-17/h4-15,23,30H,3H2,1-2H3/b24-22-. The van der Waals surface area contributed by atoms with Gasteiger partial charge in [-0.3, -0.25) is 14.5 Å². The first-order valence-corrected chi connectivity index (χ1v) is 11.2. The van der Waals surface area contributed by atoms with E-state index in [0.29, 0.717) is 33.1 Å². The van der Waals surface area contributed by atoms with Crippen LogP contribution in [0.25, 0.3) is 5.76 Å². The van der Waals surface area contributed by atoms with Crippen LogP contribution in [-0.2, 0) is 14.3 Å². The quantitative estimate of drug-likeness (QED) is 0.222. The Morgan fingerprint density at radius 2 is 1.54 bits per heavy atom. The molecule has 178 valence electrons. The van der Waals surface area contributed by atoms with Crippen LogP contribution in [0, 0.1) is 0 Å². The van der Waals surface area contributed by atoms with Gasteiger partial charge in [0.1, 0.15) is 11.5 Å². The molecule has 7 nitrogen and oxygen atoms in total. The number of ether oxygens (including phenoxy) is 2. The van der Waals surface area contributed by atoms with Gasteiger partial charge in [0.2, 0.25) is 0 Å². The van der Waals surface area contributed by atoms with Crippen molar-refractivity contribution in [1.82, 2.24) is 0 Å². The molecule has 0 spiro atoms. The zero-order valence-corrected chi connectivity index (χ0v) is 19.8. The van der Waals surface area contributed by atoms with E-state index in [1.807, 2.05) is 0 Å². The van der Waals surface area contributed by atoms with Crippen molar-refractivity contribution < 1.29 is 29.0 Å². The van der Waals surface area contributed by atoms with E-state index in [4.69, 9.17) is 21.1 Å². The molecule has 4 rings (SSSR count). The molecule has 0 aliphatic carbocycles. The number of aliphatic hydroxyl groups is 1. The zero-order chi connectivity index (χ0) is 25.1. The summed E-state index contributed by atoms with van der Waals surface area (Å²) < 4.78 is 10.2. The fraction of sp³-hybridized carbons (Fsp3) is 0.148. The summed E-state index contributed by atoms with van der Waals surface area (Å²) in [5, 5.41) is 11.6. The minimum atomic E-state index is -0.914. The number of hydrogen-bond donors (Lipinski definition) is 1. The highest BCUT2D eigenvalue weighted by atomic mass is 35.5. The van der Waals surface area contributed by atoms with Crippen molar-refractivity contribution in [2.45, 2.75) is 13.0 Å². The number of rotatable bonds is 6. The van der Waals surface area contributed by atoms with E-state index in [0.717, 1.165) is 0 Å². The summed E-state index contributed by atoms with van der Waals surface area (Å²) >= 11 is 6.06. The third-order valence-electron chi connectivity index (χ3n) is 5.65. The maximum atomic E-state index is 13.2. The van der Waals surface area contributed by atoms with Crippen molar-refractivity contribution in [2.24, 2.45) is 0 Å². The second-order valence-electron chi connectivity index (χ2n) is 7.72. The number of Topliss-reactive ketones (excluding diaryl/α,β-unsaturated/α-hetero) is 1. The minimum Gasteiger partial charge on any atom is -0.507 e. The van der Waals surface area contributed by atoms with Crippen LogP contribution in [0.2, 0.25) is 5.02 Å². The van der Waals surface area contributed by atoms with Crippen molar-refractivity contribution in [2.75, 3.05) is 18.6 Å². The lowest BCUT2D eigenvalue weighted by Crippen LogP contribution is -2.29. The van der Waals surface area contributed by atoms with Crippen LogP contribution in [0.1, 0.15) is 34.5 Å². The van der Waals surface area contributed by atoms with E-state index >= 15 is 0 Å². The molecular weight excluding hydrogens is 470 g/mol. The number of benzene rings is 3. The molecule has 1 heterocycles. The van der Waals surface area contributed by atoms with Gasteiger partial charge in [-0.1, -0.05) is 23.7 Å². The summed E-state index contributed by atoms with van der Waals surface area (Å²) in [6.45, 7) is 1.94. The topological polar surface area (TPSA) is 93.1 Å². The number of aliphatic hydroxyl groups excluding tert-OH is 1. The number of methoxy groups -OCH3 is 1. The fourth-order valence-electron chi connectivity index (χ4n) is 3.94.